The van der Waals surface area contributed by atoms with Gasteiger partial charge in [-0.2, -0.15) is 0 Å². The molecule has 0 saturated carbocycles. The summed E-state index contributed by atoms with van der Waals surface area (Å²) >= 11 is 0. The minimum atomic E-state index is -0.200. The highest BCUT2D eigenvalue weighted by Crippen LogP contribution is 2.21. The molecular formula is C16H27N3O. The monoisotopic (exact) mass is 277 g/mol. The van der Waals surface area contributed by atoms with E-state index in [0.717, 1.165) is 44.9 Å². The Morgan fingerprint density at radius 1 is 1.20 bits per heavy atom. The summed E-state index contributed by atoms with van der Waals surface area (Å²) < 4.78 is 5.98. The van der Waals surface area contributed by atoms with Crippen molar-refractivity contribution in [3.05, 3.63) is 29.8 Å². The molecule has 1 aliphatic heterocycles. The first-order valence-corrected chi connectivity index (χ1v) is 7.50. The minimum absolute atomic E-state index is 0.200. The van der Waals surface area contributed by atoms with Crippen LogP contribution in [0.4, 0.5) is 0 Å². The van der Waals surface area contributed by atoms with Crippen LogP contribution < -0.4 is 15.8 Å². The Kier molecular flexibility index (Phi) is 5.40. The van der Waals surface area contributed by atoms with E-state index >= 15 is 0 Å². The lowest BCUT2D eigenvalue weighted by atomic mass is 10.1. The van der Waals surface area contributed by atoms with Gasteiger partial charge in [-0.1, -0.05) is 12.1 Å². The lowest BCUT2D eigenvalue weighted by molar-refractivity contribution is 0.102. The Bertz CT molecular complexity index is 397. The van der Waals surface area contributed by atoms with Crippen LogP contribution in [0.3, 0.4) is 0 Å². The zero-order chi connectivity index (χ0) is 14.4. The maximum atomic E-state index is 5.98. The fraction of sp³-hybridized carbons (Fsp3) is 0.625. The van der Waals surface area contributed by atoms with Gasteiger partial charge in [0.2, 0.25) is 0 Å². The zero-order valence-corrected chi connectivity index (χ0v) is 12.7. The summed E-state index contributed by atoms with van der Waals surface area (Å²) in [5, 5.41) is 3.38. The number of hydrogen-bond donors (Lipinski definition) is 2. The fourth-order valence-electron chi connectivity index (χ4n) is 2.51. The number of nitrogens with two attached hydrogens (primary N) is 1. The summed E-state index contributed by atoms with van der Waals surface area (Å²) in [7, 11) is 0. The van der Waals surface area contributed by atoms with Crippen molar-refractivity contribution < 1.29 is 4.74 Å². The molecular weight excluding hydrogens is 250 g/mol. The summed E-state index contributed by atoms with van der Waals surface area (Å²) in [6.07, 6.45) is 0.857. The predicted octanol–water partition coefficient (Wildman–Crippen LogP) is 1.60. The smallest absolute Gasteiger partial charge is 0.120 e. The molecule has 4 heteroatoms. The van der Waals surface area contributed by atoms with E-state index in [9.17, 15) is 0 Å². The molecule has 0 amide bonds. The molecule has 1 fully saturated rings. The fourth-order valence-corrected chi connectivity index (χ4v) is 2.51. The predicted molar refractivity (Wildman–Crippen MR) is 83.0 cm³/mol. The van der Waals surface area contributed by atoms with Crippen molar-refractivity contribution in [1.82, 2.24) is 10.2 Å². The second kappa shape index (κ2) is 7.07. The maximum Gasteiger partial charge on any atom is 0.120 e. The first kappa shape index (κ1) is 15.3. The van der Waals surface area contributed by atoms with Crippen LogP contribution in [0, 0.1) is 0 Å². The van der Waals surface area contributed by atoms with Crippen molar-refractivity contribution in [3.63, 3.8) is 0 Å². The van der Waals surface area contributed by atoms with Crippen molar-refractivity contribution in [3.8, 4) is 5.75 Å². The lowest BCUT2D eigenvalue weighted by Crippen LogP contribution is -2.42. The summed E-state index contributed by atoms with van der Waals surface area (Å²) in [6, 6.07) is 8.46. The van der Waals surface area contributed by atoms with Gasteiger partial charge in [0.15, 0.2) is 0 Å². The van der Waals surface area contributed by atoms with Gasteiger partial charge in [0.25, 0.3) is 0 Å². The van der Waals surface area contributed by atoms with Crippen molar-refractivity contribution in [2.24, 2.45) is 5.73 Å². The molecule has 0 atom stereocenters. The minimum Gasteiger partial charge on any atom is -0.488 e. The van der Waals surface area contributed by atoms with Gasteiger partial charge in [0.1, 0.15) is 11.4 Å². The number of hydrogen-bond acceptors (Lipinski definition) is 4. The highest BCUT2D eigenvalue weighted by atomic mass is 16.5. The van der Waals surface area contributed by atoms with Gasteiger partial charge in [0.05, 0.1) is 0 Å². The molecule has 0 spiro atoms. The van der Waals surface area contributed by atoms with Crippen LogP contribution in [0.1, 0.15) is 25.8 Å². The van der Waals surface area contributed by atoms with Crippen molar-refractivity contribution in [2.75, 3.05) is 32.7 Å². The van der Waals surface area contributed by atoms with Gasteiger partial charge >= 0.3 is 0 Å². The third-order valence-corrected chi connectivity index (χ3v) is 3.68. The molecule has 1 aromatic carbocycles. The SMILES string of the molecule is CC(C)(CCN)Oc1ccc(CN2CCNCC2)cc1. The topological polar surface area (TPSA) is 50.5 Å². The largest absolute Gasteiger partial charge is 0.488 e. The van der Waals surface area contributed by atoms with Crippen molar-refractivity contribution in [2.45, 2.75) is 32.4 Å². The standard InChI is InChI=1S/C16H27N3O/c1-16(2,7-8-17)20-15-5-3-14(4-6-15)13-19-11-9-18-10-12-19/h3-6,18H,7-13,17H2,1-2H3. The van der Waals surface area contributed by atoms with Crippen LogP contribution in [-0.2, 0) is 6.54 Å². The quantitative estimate of drug-likeness (QED) is 0.829. The molecule has 1 saturated heterocycles. The molecule has 112 valence electrons. The van der Waals surface area contributed by atoms with Crippen molar-refractivity contribution >= 4 is 0 Å². The van der Waals surface area contributed by atoms with Gasteiger partial charge in [-0.05, 0) is 44.5 Å². The van der Waals surface area contributed by atoms with E-state index in [1.54, 1.807) is 0 Å². The molecule has 2 rings (SSSR count). The third kappa shape index (κ3) is 4.78. The molecule has 0 aliphatic carbocycles. The van der Waals surface area contributed by atoms with Gasteiger partial charge in [-0.15, -0.1) is 0 Å². The van der Waals surface area contributed by atoms with Crippen LogP contribution in [0.5, 0.6) is 5.75 Å². The zero-order valence-electron chi connectivity index (χ0n) is 12.7. The Hall–Kier alpha value is -1.10. The number of rotatable bonds is 6. The number of benzene rings is 1. The molecule has 0 bridgehead atoms. The van der Waals surface area contributed by atoms with E-state index in [1.807, 2.05) is 0 Å². The van der Waals surface area contributed by atoms with E-state index in [-0.39, 0.29) is 5.60 Å². The Morgan fingerprint density at radius 2 is 1.85 bits per heavy atom. The third-order valence-electron chi connectivity index (χ3n) is 3.68. The van der Waals surface area contributed by atoms with Gasteiger partial charge in [0, 0.05) is 32.7 Å². The van der Waals surface area contributed by atoms with E-state index in [4.69, 9.17) is 10.5 Å². The number of nitrogens with zero attached hydrogens (tertiary/aromatic N) is 1. The maximum absolute atomic E-state index is 5.98. The van der Waals surface area contributed by atoms with E-state index in [1.165, 1.54) is 5.56 Å². The second-order valence-electron chi connectivity index (χ2n) is 6.07. The molecule has 20 heavy (non-hydrogen) atoms. The Labute approximate surface area is 122 Å². The van der Waals surface area contributed by atoms with Crippen LogP contribution in [0.25, 0.3) is 0 Å². The summed E-state index contributed by atoms with van der Waals surface area (Å²) in [5.74, 6) is 0.924. The molecule has 0 unspecified atom stereocenters. The molecule has 1 aliphatic rings. The number of ether oxygens (including phenoxy) is 1. The molecule has 3 N–H and O–H groups in total. The molecule has 4 nitrogen and oxygen atoms in total. The normalized spacial score (nSPS) is 17.1. The van der Waals surface area contributed by atoms with Crippen molar-refractivity contribution in [1.29, 1.82) is 0 Å². The Balaban J connectivity index is 1.89. The summed E-state index contributed by atoms with van der Waals surface area (Å²) in [5.41, 5.74) is 6.75. The molecule has 1 aromatic rings. The Morgan fingerprint density at radius 3 is 2.45 bits per heavy atom. The van der Waals surface area contributed by atoms with Crippen LogP contribution in [-0.4, -0.2) is 43.2 Å². The second-order valence-corrected chi connectivity index (χ2v) is 6.07. The highest BCUT2D eigenvalue weighted by molar-refractivity contribution is 5.27. The van der Waals surface area contributed by atoms with Gasteiger partial charge in [-0.3, -0.25) is 4.90 Å². The first-order chi connectivity index (χ1) is 9.59. The van der Waals surface area contributed by atoms with E-state index in [2.05, 4.69) is 48.3 Å². The molecule has 0 radical (unpaired) electrons. The van der Waals surface area contributed by atoms with E-state index < -0.39 is 0 Å². The summed E-state index contributed by atoms with van der Waals surface area (Å²) in [4.78, 5) is 2.48. The highest BCUT2D eigenvalue weighted by Gasteiger charge is 2.18. The van der Waals surface area contributed by atoms with Gasteiger partial charge < -0.3 is 15.8 Å². The average molecular weight is 277 g/mol. The number of nitrogens with one attached hydrogen (secondary N) is 1. The first-order valence-electron chi connectivity index (χ1n) is 7.50. The average Bonchev–Trinajstić information content (AvgIpc) is 2.42. The lowest BCUT2D eigenvalue weighted by Gasteiger charge is -2.28. The molecule has 0 aromatic heterocycles. The van der Waals surface area contributed by atoms with Gasteiger partial charge in [-0.25, -0.2) is 0 Å². The summed E-state index contributed by atoms with van der Waals surface area (Å²) in [6.45, 7) is 10.3. The van der Waals surface area contributed by atoms with E-state index in [0.29, 0.717) is 6.54 Å². The number of piperazine rings is 1. The van der Waals surface area contributed by atoms with Crippen LogP contribution >= 0.6 is 0 Å². The van der Waals surface area contributed by atoms with Crippen LogP contribution in [0.2, 0.25) is 0 Å². The van der Waals surface area contributed by atoms with Crippen LogP contribution in [0.15, 0.2) is 24.3 Å². The molecule has 1 heterocycles.